The monoisotopic (exact) mass is 319 g/mol. The smallest absolute Gasteiger partial charge is 0.240 e. The first-order valence-electron chi connectivity index (χ1n) is 6.14. The fourth-order valence-electron chi connectivity index (χ4n) is 3.17. The van der Waals surface area contributed by atoms with Crippen molar-refractivity contribution in [3.63, 3.8) is 0 Å². The molecule has 2 saturated heterocycles. The second-order valence-electron chi connectivity index (χ2n) is 4.99. The lowest BCUT2D eigenvalue weighted by Gasteiger charge is -2.17. The highest BCUT2D eigenvalue weighted by Gasteiger charge is 2.60. The number of benzene rings is 1. The van der Waals surface area contributed by atoms with E-state index in [0.717, 1.165) is 4.47 Å². The van der Waals surface area contributed by atoms with Crippen LogP contribution in [-0.2, 0) is 14.3 Å². The minimum absolute atomic E-state index is 0.148. The third-order valence-corrected chi connectivity index (χ3v) is 4.47. The van der Waals surface area contributed by atoms with Crippen LogP contribution in [0.15, 0.2) is 40.9 Å². The van der Waals surface area contributed by atoms with E-state index in [4.69, 9.17) is 4.74 Å². The molecule has 2 bridgehead atoms. The van der Waals surface area contributed by atoms with Crippen molar-refractivity contribution >= 4 is 33.4 Å². The Morgan fingerprint density at radius 3 is 2.26 bits per heavy atom. The van der Waals surface area contributed by atoms with Gasteiger partial charge in [-0.3, -0.25) is 9.59 Å². The molecule has 96 valence electrons. The highest BCUT2D eigenvalue weighted by molar-refractivity contribution is 9.10. The molecule has 4 nitrogen and oxygen atoms in total. The van der Waals surface area contributed by atoms with Gasteiger partial charge in [0.2, 0.25) is 11.8 Å². The number of halogens is 1. The molecule has 1 aromatic carbocycles. The lowest BCUT2D eigenvalue weighted by atomic mass is 9.85. The molecule has 1 aromatic rings. The van der Waals surface area contributed by atoms with Gasteiger partial charge in [-0.25, -0.2) is 4.90 Å². The Balaban J connectivity index is 1.77. The first kappa shape index (κ1) is 11.4. The van der Waals surface area contributed by atoms with Crippen LogP contribution in [0.4, 0.5) is 5.69 Å². The number of ether oxygens (including phenoxy) is 1. The molecule has 3 heterocycles. The third kappa shape index (κ3) is 1.42. The summed E-state index contributed by atoms with van der Waals surface area (Å²) >= 11 is 3.36. The largest absolute Gasteiger partial charge is 0.365 e. The van der Waals surface area contributed by atoms with E-state index >= 15 is 0 Å². The summed E-state index contributed by atoms with van der Waals surface area (Å²) in [6, 6.07) is 7.24. The summed E-state index contributed by atoms with van der Waals surface area (Å²) in [4.78, 5) is 26.3. The van der Waals surface area contributed by atoms with E-state index in [1.54, 1.807) is 12.1 Å². The van der Waals surface area contributed by atoms with Gasteiger partial charge in [0, 0.05) is 4.47 Å². The third-order valence-electron chi connectivity index (χ3n) is 3.98. The number of imide groups is 1. The van der Waals surface area contributed by atoms with Crippen molar-refractivity contribution in [3.8, 4) is 0 Å². The van der Waals surface area contributed by atoms with E-state index < -0.39 is 0 Å². The van der Waals surface area contributed by atoms with Gasteiger partial charge in [-0.1, -0.05) is 34.1 Å². The Kier molecular flexibility index (Phi) is 2.26. The number of nitrogens with zero attached hydrogens (tertiary/aromatic N) is 1. The van der Waals surface area contributed by atoms with Crippen LogP contribution in [0.1, 0.15) is 0 Å². The van der Waals surface area contributed by atoms with Crippen molar-refractivity contribution in [3.05, 3.63) is 40.9 Å². The van der Waals surface area contributed by atoms with Gasteiger partial charge >= 0.3 is 0 Å². The van der Waals surface area contributed by atoms with Gasteiger partial charge in [0.15, 0.2) is 0 Å². The van der Waals surface area contributed by atoms with Crippen molar-refractivity contribution < 1.29 is 14.3 Å². The minimum atomic E-state index is -0.346. The number of hydrogen-bond acceptors (Lipinski definition) is 3. The lowest BCUT2D eigenvalue weighted by Crippen LogP contribution is -2.34. The SMILES string of the molecule is O=C1[C@@H]2[C@@H](C(=O)N1c1cccc(Br)c1)[C@H]1C=C[C@H]2O1. The Labute approximate surface area is 118 Å². The van der Waals surface area contributed by atoms with E-state index in [-0.39, 0.29) is 35.9 Å². The highest BCUT2D eigenvalue weighted by Crippen LogP contribution is 2.46. The maximum absolute atomic E-state index is 12.5. The maximum atomic E-state index is 12.5. The molecule has 4 rings (SSSR count). The van der Waals surface area contributed by atoms with Gasteiger partial charge in [0.25, 0.3) is 0 Å². The van der Waals surface area contributed by atoms with Gasteiger partial charge in [0.05, 0.1) is 29.7 Å². The van der Waals surface area contributed by atoms with Crippen LogP contribution in [0.3, 0.4) is 0 Å². The summed E-state index contributed by atoms with van der Waals surface area (Å²) in [5.41, 5.74) is 0.623. The zero-order valence-electron chi connectivity index (χ0n) is 9.82. The van der Waals surface area contributed by atoms with Crippen molar-refractivity contribution in [1.29, 1.82) is 0 Å². The predicted molar refractivity (Wildman–Crippen MR) is 71.4 cm³/mol. The quantitative estimate of drug-likeness (QED) is 0.586. The fourth-order valence-corrected chi connectivity index (χ4v) is 3.56. The van der Waals surface area contributed by atoms with Crippen molar-refractivity contribution in [2.75, 3.05) is 4.90 Å². The van der Waals surface area contributed by atoms with Crippen LogP contribution in [0.5, 0.6) is 0 Å². The number of rotatable bonds is 1. The van der Waals surface area contributed by atoms with E-state index in [2.05, 4.69) is 15.9 Å². The molecule has 2 fully saturated rings. The summed E-state index contributed by atoms with van der Waals surface area (Å²) < 4.78 is 6.45. The summed E-state index contributed by atoms with van der Waals surface area (Å²) in [6.45, 7) is 0. The summed E-state index contributed by atoms with van der Waals surface area (Å²) in [6.07, 6.45) is 3.32. The molecule has 5 heteroatoms. The molecule has 4 atom stereocenters. The molecule has 2 amide bonds. The summed E-state index contributed by atoms with van der Waals surface area (Å²) in [5.74, 6) is -0.988. The second kappa shape index (κ2) is 3.77. The molecule has 19 heavy (non-hydrogen) atoms. The molecule has 0 aliphatic carbocycles. The predicted octanol–water partition coefficient (Wildman–Crippen LogP) is 1.89. The number of hydrogen-bond donors (Lipinski definition) is 0. The van der Waals surface area contributed by atoms with E-state index in [0.29, 0.717) is 5.69 Å². The topological polar surface area (TPSA) is 46.6 Å². The number of anilines is 1. The van der Waals surface area contributed by atoms with Gasteiger partial charge in [-0.15, -0.1) is 0 Å². The summed E-state index contributed by atoms with van der Waals surface area (Å²) in [5, 5.41) is 0. The van der Waals surface area contributed by atoms with Crippen LogP contribution < -0.4 is 4.90 Å². The first-order valence-corrected chi connectivity index (χ1v) is 6.93. The molecule has 0 radical (unpaired) electrons. The number of carbonyl (C=O) groups is 2. The highest BCUT2D eigenvalue weighted by atomic mass is 79.9. The molecule has 0 aromatic heterocycles. The minimum Gasteiger partial charge on any atom is -0.365 e. The normalized spacial score (nSPS) is 35.3. The van der Waals surface area contributed by atoms with Crippen molar-refractivity contribution in [1.82, 2.24) is 0 Å². The standard InChI is InChI=1S/C14H10BrNO3/c15-7-2-1-3-8(6-7)16-13(17)11-9-4-5-10(19-9)12(11)14(16)18/h1-6,9-12H/t9-,10-,11+,12+/m1/s1. The zero-order chi connectivity index (χ0) is 13.1. The van der Waals surface area contributed by atoms with Crippen molar-refractivity contribution in [2.45, 2.75) is 12.2 Å². The van der Waals surface area contributed by atoms with Crippen LogP contribution in [-0.4, -0.2) is 24.0 Å². The second-order valence-corrected chi connectivity index (χ2v) is 5.91. The molecule has 0 saturated carbocycles. The average molecular weight is 320 g/mol. The van der Waals surface area contributed by atoms with Crippen LogP contribution in [0, 0.1) is 11.8 Å². The van der Waals surface area contributed by atoms with Gasteiger partial charge < -0.3 is 4.74 Å². The Morgan fingerprint density at radius 2 is 1.68 bits per heavy atom. The van der Waals surface area contributed by atoms with Gasteiger partial charge in [-0.05, 0) is 18.2 Å². The van der Waals surface area contributed by atoms with E-state index in [9.17, 15) is 9.59 Å². The number of amides is 2. The van der Waals surface area contributed by atoms with E-state index in [1.807, 2.05) is 24.3 Å². The molecule has 0 N–H and O–H groups in total. The summed E-state index contributed by atoms with van der Waals surface area (Å²) in [7, 11) is 0. The molecular formula is C14H10BrNO3. The lowest BCUT2D eigenvalue weighted by molar-refractivity contribution is -0.124. The fraction of sp³-hybridized carbons (Fsp3) is 0.286. The number of fused-ring (bicyclic) bond motifs is 5. The number of carbonyl (C=O) groups excluding carboxylic acids is 2. The Morgan fingerprint density at radius 1 is 1.05 bits per heavy atom. The molecule has 3 aliphatic rings. The van der Waals surface area contributed by atoms with Crippen LogP contribution in [0.25, 0.3) is 0 Å². The molecular weight excluding hydrogens is 310 g/mol. The Bertz CT molecular complexity index is 597. The Hall–Kier alpha value is -1.46. The van der Waals surface area contributed by atoms with Crippen LogP contribution in [0.2, 0.25) is 0 Å². The van der Waals surface area contributed by atoms with Gasteiger partial charge in [-0.2, -0.15) is 0 Å². The zero-order valence-corrected chi connectivity index (χ0v) is 11.4. The first-order chi connectivity index (χ1) is 9.16. The van der Waals surface area contributed by atoms with Gasteiger partial charge in [0.1, 0.15) is 0 Å². The molecule has 0 unspecified atom stereocenters. The average Bonchev–Trinajstić information content (AvgIpc) is 3.04. The van der Waals surface area contributed by atoms with Crippen LogP contribution >= 0.6 is 15.9 Å². The van der Waals surface area contributed by atoms with E-state index in [1.165, 1.54) is 4.90 Å². The molecule has 0 spiro atoms. The maximum Gasteiger partial charge on any atom is 0.240 e. The molecule has 3 aliphatic heterocycles. The van der Waals surface area contributed by atoms with Crippen molar-refractivity contribution in [2.24, 2.45) is 11.8 Å².